The molecule has 0 spiro atoms. The first-order chi connectivity index (χ1) is 5.86. The highest BCUT2D eigenvalue weighted by molar-refractivity contribution is 5.65. The summed E-state index contributed by atoms with van der Waals surface area (Å²) in [5.74, 6) is 0. The molecule has 1 atom stereocenters. The summed E-state index contributed by atoms with van der Waals surface area (Å²) in [6, 6.07) is 10.3. The second kappa shape index (κ2) is 2.89. The Morgan fingerprint density at radius 3 is 2.50 bits per heavy atom. The van der Waals surface area contributed by atoms with Crippen LogP contribution in [-0.2, 0) is 0 Å². The minimum absolute atomic E-state index is 0.347. The monoisotopic (exact) mass is 160 g/mol. The van der Waals surface area contributed by atoms with Gasteiger partial charge in [0.15, 0.2) is 0 Å². The highest BCUT2D eigenvalue weighted by Gasteiger charge is 2.09. The van der Waals surface area contributed by atoms with Gasteiger partial charge in [-0.2, -0.15) is 0 Å². The quantitative estimate of drug-likeness (QED) is 0.651. The molecule has 0 saturated carbocycles. The van der Waals surface area contributed by atoms with Crippen molar-refractivity contribution in [1.82, 2.24) is 10.6 Å². The van der Waals surface area contributed by atoms with Crippen LogP contribution in [0.5, 0.6) is 0 Å². The Balaban J connectivity index is 2.22. The molecule has 0 amide bonds. The van der Waals surface area contributed by atoms with Gasteiger partial charge < -0.3 is 10.6 Å². The minimum Gasteiger partial charge on any atom is -0.370 e. The van der Waals surface area contributed by atoms with Crippen LogP contribution in [0.3, 0.4) is 0 Å². The number of hydrogen-bond acceptors (Lipinski definition) is 2. The fraction of sp³-hybridized carbons (Fsp3) is 0.200. The normalized spacial score (nSPS) is 21.1. The van der Waals surface area contributed by atoms with Crippen LogP contribution in [0.25, 0.3) is 5.70 Å². The van der Waals surface area contributed by atoms with Crippen molar-refractivity contribution in [2.24, 2.45) is 0 Å². The summed E-state index contributed by atoms with van der Waals surface area (Å²) in [5.41, 5.74) is 2.40. The maximum absolute atomic E-state index is 3.32. The van der Waals surface area contributed by atoms with Crippen molar-refractivity contribution in [3.05, 3.63) is 42.1 Å². The molecule has 62 valence electrons. The summed E-state index contributed by atoms with van der Waals surface area (Å²) in [6.07, 6.45) is 2.36. The molecule has 0 aromatic heterocycles. The van der Waals surface area contributed by atoms with E-state index in [1.54, 1.807) is 0 Å². The Hall–Kier alpha value is -1.44. The van der Waals surface area contributed by atoms with Gasteiger partial charge in [0, 0.05) is 6.20 Å². The van der Waals surface area contributed by atoms with Crippen molar-refractivity contribution in [2.45, 2.75) is 13.1 Å². The fourth-order valence-electron chi connectivity index (χ4n) is 1.31. The van der Waals surface area contributed by atoms with E-state index in [9.17, 15) is 0 Å². The lowest BCUT2D eigenvalue weighted by Gasteiger charge is -2.07. The highest BCUT2D eigenvalue weighted by Crippen LogP contribution is 2.13. The number of benzene rings is 1. The van der Waals surface area contributed by atoms with E-state index in [-0.39, 0.29) is 0 Å². The Bertz CT molecular complexity index is 290. The zero-order valence-electron chi connectivity index (χ0n) is 7.04. The average Bonchev–Trinajstić information content (AvgIpc) is 2.54. The van der Waals surface area contributed by atoms with Gasteiger partial charge in [0.25, 0.3) is 0 Å². The maximum atomic E-state index is 3.32. The minimum atomic E-state index is 0.347. The van der Waals surface area contributed by atoms with E-state index < -0.39 is 0 Å². The molecule has 1 heterocycles. The summed E-state index contributed by atoms with van der Waals surface area (Å²) in [5, 5.41) is 6.51. The van der Waals surface area contributed by atoms with Gasteiger partial charge in [-0.05, 0) is 12.5 Å². The molecule has 0 aliphatic carbocycles. The van der Waals surface area contributed by atoms with E-state index in [1.807, 2.05) is 24.4 Å². The first-order valence-corrected chi connectivity index (χ1v) is 4.14. The van der Waals surface area contributed by atoms with E-state index in [4.69, 9.17) is 0 Å². The van der Waals surface area contributed by atoms with Gasteiger partial charge >= 0.3 is 0 Å². The highest BCUT2D eigenvalue weighted by atomic mass is 15.2. The van der Waals surface area contributed by atoms with Crippen molar-refractivity contribution in [2.75, 3.05) is 0 Å². The van der Waals surface area contributed by atoms with Crippen LogP contribution in [0.1, 0.15) is 12.5 Å². The molecule has 2 heteroatoms. The molecule has 12 heavy (non-hydrogen) atoms. The third-order valence-electron chi connectivity index (χ3n) is 1.93. The summed E-state index contributed by atoms with van der Waals surface area (Å²) in [4.78, 5) is 0. The maximum Gasteiger partial charge on any atom is 0.0931 e. The molecule has 2 rings (SSSR count). The van der Waals surface area contributed by atoms with Crippen LogP contribution < -0.4 is 10.6 Å². The van der Waals surface area contributed by atoms with Crippen molar-refractivity contribution < 1.29 is 0 Å². The van der Waals surface area contributed by atoms with Crippen LogP contribution in [0.2, 0.25) is 0 Å². The zero-order chi connectivity index (χ0) is 8.39. The van der Waals surface area contributed by atoms with E-state index in [0.29, 0.717) is 6.17 Å². The van der Waals surface area contributed by atoms with E-state index in [1.165, 1.54) is 11.3 Å². The van der Waals surface area contributed by atoms with Gasteiger partial charge in [-0.25, -0.2) is 0 Å². The lowest BCUT2D eigenvalue weighted by atomic mass is 10.2. The Kier molecular flexibility index (Phi) is 1.74. The first kappa shape index (κ1) is 7.22. The van der Waals surface area contributed by atoms with E-state index in [0.717, 1.165) is 0 Å². The summed E-state index contributed by atoms with van der Waals surface area (Å²) >= 11 is 0. The summed E-state index contributed by atoms with van der Waals surface area (Å²) in [6.45, 7) is 2.09. The SMILES string of the molecule is C[C@@H]1NC=C(c2ccccc2)N1. The Morgan fingerprint density at radius 2 is 1.92 bits per heavy atom. The number of rotatable bonds is 1. The van der Waals surface area contributed by atoms with Gasteiger partial charge in [0.2, 0.25) is 0 Å². The van der Waals surface area contributed by atoms with Crippen LogP contribution in [0, 0.1) is 0 Å². The van der Waals surface area contributed by atoms with Crippen LogP contribution >= 0.6 is 0 Å². The van der Waals surface area contributed by atoms with Crippen molar-refractivity contribution >= 4 is 5.70 Å². The molecule has 0 radical (unpaired) electrons. The average molecular weight is 160 g/mol. The molecule has 0 unspecified atom stereocenters. The van der Waals surface area contributed by atoms with Crippen molar-refractivity contribution in [3.63, 3.8) is 0 Å². The molecular weight excluding hydrogens is 148 g/mol. The van der Waals surface area contributed by atoms with Gasteiger partial charge in [0.05, 0.1) is 11.9 Å². The number of nitrogens with one attached hydrogen (secondary N) is 2. The standard InChI is InChI=1S/C10H12N2/c1-8-11-7-10(12-8)9-5-3-2-4-6-9/h2-8,11-12H,1H3/t8-/m1/s1. The third-order valence-corrected chi connectivity index (χ3v) is 1.93. The fourth-order valence-corrected chi connectivity index (χ4v) is 1.31. The summed E-state index contributed by atoms with van der Waals surface area (Å²) in [7, 11) is 0. The first-order valence-electron chi connectivity index (χ1n) is 4.14. The zero-order valence-corrected chi connectivity index (χ0v) is 7.04. The van der Waals surface area contributed by atoms with Gasteiger partial charge in [0.1, 0.15) is 0 Å². The van der Waals surface area contributed by atoms with Crippen LogP contribution in [0.4, 0.5) is 0 Å². The van der Waals surface area contributed by atoms with Gasteiger partial charge in [-0.15, -0.1) is 0 Å². The van der Waals surface area contributed by atoms with Gasteiger partial charge in [-0.3, -0.25) is 0 Å². The lowest BCUT2D eigenvalue weighted by Crippen LogP contribution is -2.27. The van der Waals surface area contributed by atoms with Crippen LogP contribution in [-0.4, -0.2) is 6.17 Å². The predicted octanol–water partition coefficient (Wildman–Crippen LogP) is 1.52. The largest absolute Gasteiger partial charge is 0.370 e. The second-order valence-corrected chi connectivity index (χ2v) is 2.96. The Morgan fingerprint density at radius 1 is 1.17 bits per heavy atom. The molecule has 1 aliphatic heterocycles. The molecule has 1 aromatic carbocycles. The Labute approximate surface area is 72.3 Å². The van der Waals surface area contributed by atoms with E-state index >= 15 is 0 Å². The lowest BCUT2D eigenvalue weighted by molar-refractivity contribution is 0.631. The topological polar surface area (TPSA) is 24.1 Å². The molecule has 1 aromatic rings. The number of hydrogen-bond donors (Lipinski definition) is 2. The smallest absolute Gasteiger partial charge is 0.0931 e. The molecule has 2 N–H and O–H groups in total. The molecule has 0 fully saturated rings. The molecular formula is C10H12N2. The van der Waals surface area contributed by atoms with E-state index in [2.05, 4.69) is 29.7 Å². The molecule has 1 aliphatic rings. The molecule has 2 nitrogen and oxygen atoms in total. The van der Waals surface area contributed by atoms with Gasteiger partial charge in [-0.1, -0.05) is 30.3 Å². The molecule has 0 bridgehead atoms. The predicted molar refractivity (Wildman–Crippen MR) is 50.2 cm³/mol. The molecule has 0 saturated heterocycles. The van der Waals surface area contributed by atoms with Crippen molar-refractivity contribution in [3.8, 4) is 0 Å². The third kappa shape index (κ3) is 1.28. The van der Waals surface area contributed by atoms with Crippen molar-refractivity contribution in [1.29, 1.82) is 0 Å². The second-order valence-electron chi connectivity index (χ2n) is 2.96. The summed E-state index contributed by atoms with van der Waals surface area (Å²) < 4.78 is 0. The van der Waals surface area contributed by atoms with Crippen LogP contribution in [0.15, 0.2) is 36.5 Å².